The number of benzene rings is 1. The lowest BCUT2D eigenvalue weighted by Gasteiger charge is -2.14. The predicted octanol–water partition coefficient (Wildman–Crippen LogP) is 2.21. The van der Waals surface area contributed by atoms with Crippen molar-refractivity contribution in [3.63, 3.8) is 0 Å². The Morgan fingerprint density at radius 3 is 2.63 bits per heavy atom. The maximum Gasteiger partial charge on any atom is 0.258 e. The van der Waals surface area contributed by atoms with E-state index in [-0.39, 0.29) is 0 Å². The minimum atomic E-state index is -0.693. The molecule has 1 amide bonds. The molecule has 2 rings (SSSR count). The number of nitrogens with zero attached hydrogens (tertiary/aromatic N) is 1. The van der Waals surface area contributed by atoms with Gasteiger partial charge in [-0.2, -0.15) is 0 Å². The molecule has 1 heterocycles. The van der Waals surface area contributed by atoms with Crippen LogP contribution in [0.4, 0.5) is 0 Å². The number of ether oxygens (including phenoxy) is 1. The lowest BCUT2D eigenvalue weighted by atomic mass is 10.0. The number of amides is 1. The van der Waals surface area contributed by atoms with Gasteiger partial charge in [0.2, 0.25) is 0 Å². The number of rotatable bonds is 4. The van der Waals surface area contributed by atoms with Crippen LogP contribution in [0.5, 0.6) is 5.75 Å². The number of nitrogens with two attached hydrogens (primary N) is 1. The van der Waals surface area contributed by atoms with Gasteiger partial charge in [-0.25, -0.2) is 0 Å². The Balaban J connectivity index is 2.45. The molecule has 1 unspecified atom stereocenters. The van der Waals surface area contributed by atoms with E-state index in [1.807, 2.05) is 32.0 Å². The van der Waals surface area contributed by atoms with E-state index in [2.05, 4.69) is 5.16 Å². The summed E-state index contributed by atoms with van der Waals surface area (Å²) < 4.78 is 10.8. The van der Waals surface area contributed by atoms with Crippen molar-refractivity contribution in [2.75, 3.05) is 0 Å². The highest BCUT2D eigenvalue weighted by Gasteiger charge is 2.18. The summed E-state index contributed by atoms with van der Waals surface area (Å²) >= 11 is 0. The van der Waals surface area contributed by atoms with E-state index in [1.54, 1.807) is 13.0 Å². The highest BCUT2D eigenvalue weighted by Crippen LogP contribution is 2.34. The minimum absolute atomic E-state index is 0.506. The largest absolute Gasteiger partial charge is 0.480 e. The maximum atomic E-state index is 11.1. The number of carbonyl (C=O) groups excluding carboxylic acids is 1. The van der Waals surface area contributed by atoms with Crippen molar-refractivity contribution < 1.29 is 14.1 Å². The van der Waals surface area contributed by atoms with Crippen LogP contribution in [0.3, 0.4) is 0 Å². The van der Waals surface area contributed by atoms with E-state index in [0.29, 0.717) is 11.5 Å². The van der Waals surface area contributed by atoms with Crippen molar-refractivity contribution in [2.45, 2.75) is 26.9 Å². The van der Waals surface area contributed by atoms with Crippen molar-refractivity contribution in [2.24, 2.45) is 5.73 Å². The normalized spacial score (nSPS) is 12.2. The first-order chi connectivity index (χ1) is 9.00. The molecule has 100 valence electrons. The maximum absolute atomic E-state index is 11.1. The molecule has 1 atom stereocenters. The van der Waals surface area contributed by atoms with Crippen LogP contribution in [0.2, 0.25) is 0 Å². The molecule has 0 bridgehead atoms. The first-order valence-corrected chi connectivity index (χ1v) is 5.99. The van der Waals surface area contributed by atoms with Gasteiger partial charge in [0.1, 0.15) is 11.5 Å². The predicted molar refractivity (Wildman–Crippen MR) is 70.7 cm³/mol. The molecular weight excluding hydrogens is 244 g/mol. The SMILES string of the molecule is Cc1noc(C)c1-c1ccccc1OC(C)C(N)=O. The fourth-order valence-corrected chi connectivity index (χ4v) is 1.89. The summed E-state index contributed by atoms with van der Waals surface area (Å²) in [6.07, 6.45) is -0.693. The standard InChI is InChI=1S/C14H16N2O3/c1-8-13(9(2)19-16-8)11-6-4-5-7-12(11)18-10(3)14(15)17/h4-7,10H,1-3H3,(H2,15,17). The van der Waals surface area contributed by atoms with Gasteiger partial charge in [-0.15, -0.1) is 0 Å². The Labute approximate surface area is 111 Å². The van der Waals surface area contributed by atoms with Gasteiger partial charge in [-0.3, -0.25) is 4.79 Å². The van der Waals surface area contributed by atoms with Gasteiger partial charge in [0.25, 0.3) is 5.91 Å². The van der Waals surface area contributed by atoms with Crippen molar-refractivity contribution >= 4 is 5.91 Å². The second-order valence-corrected chi connectivity index (χ2v) is 4.36. The van der Waals surface area contributed by atoms with Crippen LogP contribution in [-0.4, -0.2) is 17.2 Å². The number of carbonyl (C=O) groups is 1. The van der Waals surface area contributed by atoms with Gasteiger partial charge < -0.3 is 15.0 Å². The van der Waals surface area contributed by atoms with E-state index in [0.717, 1.165) is 16.8 Å². The monoisotopic (exact) mass is 260 g/mol. The lowest BCUT2D eigenvalue weighted by molar-refractivity contribution is -0.123. The molecule has 1 aromatic heterocycles. The average Bonchev–Trinajstić information content (AvgIpc) is 2.70. The van der Waals surface area contributed by atoms with Crippen LogP contribution in [-0.2, 0) is 4.79 Å². The highest BCUT2D eigenvalue weighted by molar-refractivity contribution is 5.80. The molecule has 0 aliphatic heterocycles. The topological polar surface area (TPSA) is 78.3 Å². The number of hydrogen-bond donors (Lipinski definition) is 1. The summed E-state index contributed by atoms with van der Waals surface area (Å²) in [6.45, 7) is 5.32. The van der Waals surface area contributed by atoms with Crippen LogP contribution in [0.1, 0.15) is 18.4 Å². The first-order valence-electron chi connectivity index (χ1n) is 5.99. The van der Waals surface area contributed by atoms with Crippen molar-refractivity contribution in [1.29, 1.82) is 0 Å². The third-order valence-corrected chi connectivity index (χ3v) is 2.89. The third kappa shape index (κ3) is 2.59. The summed E-state index contributed by atoms with van der Waals surface area (Å²) in [5.41, 5.74) is 7.72. The Morgan fingerprint density at radius 2 is 2.05 bits per heavy atom. The van der Waals surface area contributed by atoms with Gasteiger partial charge in [0, 0.05) is 5.56 Å². The van der Waals surface area contributed by atoms with Gasteiger partial charge in [0.05, 0.1) is 11.3 Å². The summed E-state index contributed by atoms with van der Waals surface area (Å²) in [6, 6.07) is 7.42. The summed E-state index contributed by atoms with van der Waals surface area (Å²) in [4.78, 5) is 11.1. The van der Waals surface area contributed by atoms with Gasteiger partial charge in [0.15, 0.2) is 6.10 Å². The van der Waals surface area contributed by atoms with Crippen molar-refractivity contribution in [3.8, 4) is 16.9 Å². The Kier molecular flexibility index (Phi) is 3.55. The van der Waals surface area contributed by atoms with Crippen LogP contribution < -0.4 is 10.5 Å². The van der Waals surface area contributed by atoms with Crippen LogP contribution in [0, 0.1) is 13.8 Å². The number of aryl methyl sites for hydroxylation is 2. The summed E-state index contributed by atoms with van der Waals surface area (Å²) in [5, 5.41) is 3.93. The Hall–Kier alpha value is -2.30. The van der Waals surface area contributed by atoms with E-state index in [4.69, 9.17) is 15.0 Å². The van der Waals surface area contributed by atoms with Gasteiger partial charge >= 0.3 is 0 Å². The molecule has 0 radical (unpaired) electrons. The molecule has 5 heteroatoms. The summed E-state index contributed by atoms with van der Waals surface area (Å²) in [7, 11) is 0. The quantitative estimate of drug-likeness (QED) is 0.914. The minimum Gasteiger partial charge on any atom is -0.480 e. The van der Waals surface area contributed by atoms with E-state index in [9.17, 15) is 4.79 Å². The highest BCUT2D eigenvalue weighted by atomic mass is 16.5. The van der Waals surface area contributed by atoms with Crippen LogP contribution in [0.15, 0.2) is 28.8 Å². The molecule has 5 nitrogen and oxygen atoms in total. The molecule has 0 fully saturated rings. The molecule has 2 aromatic rings. The number of aromatic nitrogens is 1. The molecule has 0 aliphatic rings. The number of primary amides is 1. The number of para-hydroxylation sites is 1. The number of hydrogen-bond acceptors (Lipinski definition) is 4. The van der Waals surface area contributed by atoms with E-state index in [1.165, 1.54) is 0 Å². The Bertz CT molecular complexity index is 585. The zero-order valence-corrected chi connectivity index (χ0v) is 11.1. The van der Waals surface area contributed by atoms with Crippen molar-refractivity contribution in [3.05, 3.63) is 35.7 Å². The average molecular weight is 260 g/mol. The molecule has 19 heavy (non-hydrogen) atoms. The summed E-state index contributed by atoms with van der Waals surface area (Å²) in [5.74, 6) is 0.789. The lowest BCUT2D eigenvalue weighted by Crippen LogP contribution is -2.30. The molecule has 0 saturated heterocycles. The molecule has 0 spiro atoms. The van der Waals surface area contributed by atoms with E-state index < -0.39 is 12.0 Å². The van der Waals surface area contributed by atoms with Crippen LogP contribution in [0.25, 0.3) is 11.1 Å². The fraction of sp³-hybridized carbons (Fsp3) is 0.286. The second kappa shape index (κ2) is 5.14. The third-order valence-electron chi connectivity index (χ3n) is 2.89. The molecule has 1 aromatic carbocycles. The van der Waals surface area contributed by atoms with Crippen LogP contribution >= 0.6 is 0 Å². The molecule has 0 aliphatic carbocycles. The van der Waals surface area contributed by atoms with E-state index >= 15 is 0 Å². The Morgan fingerprint density at radius 1 is 1.37 bits per heavy atom. The van der Waals surface area contributed by atoms with Crippen molar-refractivity contribution in [1.82, 2.24) is 5.16 Å². The first kappa shape index (κ1) is 13.1. The van der Waals surface area contributed by atoms with Gasteiger partial charge in [-0.1, -0.05) is 23.4 Å². The fourth-order valence-electron chi connectivity index (χ4n) is 1.89. The molecule has 0 saturated carbocycles. The molecule has 2 N–H and O–H groups in total. The zero-order valence-electron chi connectivity index (χ0n) is 11.1. The molecular formula is C14H16N2O3. The smallest absolute Gasteiger partial charge is 0.258 e. The zero-order chi connectivity index (χ0) is 14.0. The second-order valence-electron chi connectivity index (χ2n) is 4.36. The van der Waals surface area contributed by atoms with Gasteiger partial charge in [-0.05, 0) is 26.8 Å².